The highest BCUT2D eigenvalue weighted by atomic mass is 79.9. The molecular formula is C20H17BrF3NO2. The summed E-state index contributed by atoms with van der Waals surface area (Å²) in [7, 11) is 0. The molecule has 1 aliphatic rings. The first-order chi connectivity index (χ1) is 12.8. The molecule has 0 bridgehead atoms. The number of ether oxygens (including phenoxy) is 1. The van der Waals surface area contributed by atoms with Crippen LogP contribution < -0.4 is 4.74 Å². The highest BCUT2D eigenvalue weighted by Crippen LogP contribution is 2.45. The molecule has 1 saturated carbocycles. The summed E-state index contributed by atoms with van der Waals surface area (Å²) in [6.07, 6.45) is 1.98. The number of hydrogen-bond acceptors (Lipinski definition) is 2. The highest BCUT2D eigenvalue weighted by molar-refractivity contribution is 9.10. The van der Waals surface area contributed by atoms with E-state index in [1.54, 1.807) is 12.1 Å². The number of phenolic OH excluding ortho intramolecular Hbond substituents is 1. The highest BCUT2D eigenvalue weighted by Gasteiger charge is 2.36. The first-order valence-electron chi connectivity index (χ1n) is 8.71. The topological polar surface area (TPSA) is 45.2 Å². The molecule has 142 valence electrons. The molecule has 2 aromatic carbocycles. The number of phenols is 1. The lowest BCUT2D eigenvalue weighted by molar-refractivity contribution is -0.138. The molecule has 0 spiro atoms. The zero-order valence-electron chi connectivity index (χ0n) is 14.2. The van der Waals surface area contributed by atoms with Crippen LogP contribution in [0.4, 0.5) is 13.2 Å². The van der Waals surface area contributed by atoms with Crippen molar-refractivity contribution in [2.45, 2.75) is 37.8 Å². The molecular weight excluding hydrogens is 423 g/mol. The number of nitrogens with one attached hydrogen (secondary N) is 1. The molecule has 1 aromatic heterocycles. The quantitative estimate of drug-likeness (QED) is 0.456. The van der Waals surface area contributed by atoms with E-state index < -0.39 is 17.5 Å². The van der Waals surface area contributed by atoms with Gasteiger partial charge in [-0.3, -0.25) is 0 Å². The average molecular weight is 440 g/mol. The van der Waals surface area contributed by atoms with Crippen LogP contribution in [0.3, 0.4) is 0 Å². The molecule has 3 aromatic rings. The number of rotatable bonds is 3. The molecule has 27 heavy (non-hydrogen) atoms. The van der Waals surface area contributed by atoms with Gasteiger partial charge in [0.1, 0.15) is 17.1 Å². The number of aromatic amines is 1. The first-order valence-corrected chi connectivity index (χ1v) is 9.51. The molecule has 4 rings (SSSR count). The van der Waals surface area contributed by atoms with Crippen molar-refractivity contribution in [3.63, 3.8) is 0 Å². The SMILES string of the molecule is Oc1cc(Br)c(Oc2ccc3[nH]cc(C4CCCC4)c3c2)c(C(F)(F)F)c1. The van der Waals surface area contributed by atoms with Gasteiger partial charge in [-0.2, -0.15) is 13.2 Å². The smallest absolute Gasteiger partial charge is 0.420 e. The van der Waals surface area contributed by atoms with E-state index in [1.807, 2.05) is 12.3 Å². The molecule has 2 N–H and O–H groups in total. The molecule has 0 radical (unpaired) electrons. The van der Waals surface area contributed by atoms with Gasteiger partial charge in [-0.25, -0.2) is 0 Å². The van der Waals surface area contributed by atoms with Crippen molar-refractivity contribution in [3.05, 3.63) is 52.1 Å². The third-order valence-electron chi connectivity index (χ3n) is 5.03. The van der Waals surface area contributed by atoms with Crippen LogP contribution in [0, 0.1) is 0 Å². The standard InChI is InChI=1S/C20H17BrF3NO2/c21-17-8-12(26)7-16(20(22,23)24)19(17)27-13-5-6-18-14(9-13)15(10-25-18)11-3-1-2-4-11/h5-11,25-26H,1-4H2. The summed E-state index contributed by atoms with van der Waals surface area (Å²) in [5.41, 5.74) is 1.10. The summed E-state index contributed by atoms with van der Waals surface area (Å²) in [6, 6.07) is 7.07. The fraction of sp³-hybridized carbons (Fsp3) is 0.300. The first kappa shape index (κ1) is 18.2. The maximum atomic E-state index is 13.4. The Hall–Kier alpha value is -2.15. The second-order valence-electron chi connectivity index (χ2n) is 6.84. The predicted molar refractivity (Wildman–Crippen MR) is 100 cm³/mol. The molecule has 0 amide bonds. The van der Waals surface area contributed by atoms with Crippen molar-refractivity contribution in [2.75, 3.05) is 0 Å². The predicted octanol–water partition coefficient (Wildman–Crippen LogP) is 7.10. The molecule has 1 fully saturated rings. The fourth-order valence-electron chi connectivity index (χ4n) is 3.77. The Labute approximate surface area is 162 Å². The number of halogens is 4. The third-order valence-corrected chi connectivity index (χ3v) is 5.62. The van der Waals surface area contributed by atoms with Gasteiger partial charge < -0.3 is 14.8 Å². The van der Waals surface area contributed by atoms with E-state index in [0.717, 1.165) is 23.7 Å². The molecule has 0 atom stereocenters. The molecule has 1 aliphatic carbocycles. The lowest BCUT2D eigenvalue weighted by atomic mass is 9.97. The van der Waals surface area contributed by atoms with Gasteiger partial charge in [-0.05, 0) is 70.6 Å². The summed E-state index contributed by atoms with van der Waals surface area (Å²) in [5.74, 6) is -0.0536. The summed E-state index contributed by atoms with van der Waals surface area (Å²) < 4.78 is 45.8. The van der Waals surface area contributed by atoms with Gasteiger partial charge in [-0.1, -0.05) is 12.8 Å². The average Bonchev–Trinajstić information content (AvgIpc) is 3.24. The summed E-state index contributed by atoms with van der Waals surface area (Å²) in [6.45, 7) is 0. The van der Waals surface area contributed by atoms with E-state index in [9.17, 15) is 18.3 Å². The van der Waals surface area contributed by atoms with Crippen LogP contribution >= 0.6 is 15.9 Å². The van der Waals surface area contributed by atoms with Crippen molar-refractivity contribution in [3.8, 4) is 17.2 Å². The van der Waals surface area contributed by atoms with Gasteiger partial charge in [0.2, 0.25) is 0 Å². The van der Waals surface area contributed by atoms with E-state index >= 15 is 0 Å². The van der Waals surface area contributed by atoms with Crippen molar-refractivity contribution in [2.24, 2.45) is 0 Å². The zero-order chi connectivity index (χ0) is 19.2. The van der Waals surface area contributed by atoms with Crippen LogP contribution in [0.2, 0.25) is 0 Å². The van der Waals surface area contributed by atoms with Gasteiger partial charge in [0.05, 0.1) is 4.47 Å². The van der Waals surface area contributed by atoms with E-state index in [4.69, 9.17) is 4.74 Å². The molecule has 0 saturated heterocycles. The van der Waals surface area contributed by atoms with Gasteiger partial charge in [-0.15, -0.1) is 0 Å². The van der Waals surface area contributed by atoms with Crippen molar-refractivity contribution < 1.29 is 23.0 Å². The molecule has 3 nitrogen and oxygen atoms in total. The van der Waals surface area contributed by atoms with Gasteiger partial charge in [0, 0.05) is 17.1 Å². The minimum Gasteiger partial charge on any atom is -0.508 e. The van der Waals surface area contributed by atoms with Crippen LogP contribution in [0.25, 0.3) is 10.9 Å². The lowest BCUT2D eigenvalue weighted by Crippen LogP contribution is -2.07. The Balaban J connectivity index is 1.75. The van der Waals surface area contributed by atoms with E-state index in [2.05, 4.69) is 20.9 Å². The van der Waals surface area contributed by atoms with Gasteiger partial charge >= 0.3 is 6.18 Å². The number of fused-ring (bicyclic) bond motifs is 1. The number of aromatic nitrogens is 1. The summed E-state index contributed by atoms with van der Waals surface area (Å²) in [4.78, 5) is 3.23. The fourth-order valence-corrected chi connectivity index (χ4v) is 4.30. The molecule has 0 unspecified atom stereocenters. The number of hydrogen-bond donors (Lipinski definition) is 2. The second-order valence-corrected chi connectivity index (χ2v) is 7.69. The molecule has 1 heterocycles. The number of benzene rings is 2. The Kier molecular flexibility index (Phi) is 4.58. The summed E-state index contributed by atoms with van der Waals surface area (Å²) in [5, 5.41) is 10.5. The largest absolute Gasteiger partial charge is 0.508 e. The maximum Gasteiger partial charge on any atom is 0.420 e. The lowest BCUT2D eigenvalue weighted by Gasteiger charge is -2.16. The molecule has 7 heteroatoms. The minimum absolute atomic E-state index is 0.0417. The Morgan fingerprint density at radius 1 is 1.11 bits per heavy atom. The Morgan fingerprint density at radius 2 is 1.85 bits per heavy atom. The van der Waals surface area contributed by atoms with Crippen LogP contribution in [0.15, 0.2) is 41.0 Å². The zero-order valence-corrected chi connectivity index (χ0v) is 15.8. The Morgan fingerprint density at radius 3 is 2.56 bits per heavy atom. The minimum atomic E-state index is -4.65. The van der Waals surface area contributed by atoms with Gasteiger partial charge in [0.15, 0.2) is 5.75 Å². The maximum absolute atomic E-state index is 13.4. The van der Waals surface area contributed by atoms with Crippen molar-refractivity contribution in [1.82, 2.24) is 4.98 Å². The van der Waals surface area contributed by atoms with Crippen LogP contribution in [0.1, 0.15) is 42.7 Å². The second kappa shape index (κ2) is 6.78. The number of H-pyrrole nitrogens is 1. The van der Waals surface area contributed by atoms with Crippen LogP contribution in [0.5, 0.6) is 17.2 Å². The van der Waals surface area contributed by atoms with E-state index in [0.29, 0.717) is 17.7 Å². The Bertz CT molecular complexity index is 991. The van der Waals surface area contributed by atoms with Crippen molar-refractivity contribution >= 4 is 26.8 Å². The van der Waals surface area contributed by atoms with E-state index in [1.165, 1.54) is 24.5 Å². The monoisotopic (exact) mass is 439 g/mol. The van der Waals surface area contributed by atoms with Gasteiger partial charge in [0.25, 0.3) is 0 Å². The number of alkyl halides is 3. The third kappa shape index (κ3) is 3.52. The van der Waals surface area contributed by atoms with Crippen LogP contribution in [-0.4, -0.2) is 10.1 Å². The van der Waals surface area contributed by atoms with Crippen molar-refractivity contribution in [1.29, 1.82) is 0 Å². The summed E-state index contributed by atoms with van der Waals surface area (Å²) >= 11 is 3.07. The normalized spacial score (nSPS) is 15.6. The van der Waals surface area contributed by atoms with E-state index in [-0.39, 0.29) is 10.2 Å². The number of aromatic hydroxyl groups is 1. The van der Waals surface area contributed by atoms with Crippen LogP contribution in [-0.2, 0) is 6.18 Å². The molecule has 0 aliphatic heterocycles.